The molecule has 0 bridgehead atoms. The Morgan fingerprint density at radius 2 is 1.76 bits per heavy atom. The number of fused-ring (bicyclic) bond motifs is 2. The Labute approximate surface area is 195 Å². The first-order valence-electron chi connectivity index (χ1n) is 11.3. The average Bonchev–Trinajstić information content (AvgIpc) is 3.21. The van der Waals surface area contributed by atoms with Crippen LogP contribution in [0.4, 0.5) is 0 Å². The van der Waals surface area contributed by atoms with E-state index in [2.05, 4.69) is 12.1 Å². The molecule has 1 aliphatic rings. The fourth-order valence-electron chi connectivity index (χ4n) is 5.22. The van der Waals surface area contributed by atoms with E-state index in [-0.39, 0.29) is 12.3 Å². The highest BCUT2D eigenvalue weighted by atomic mass is 16.5. The number of aryl methyl sites for hydroxylation is 1. The standard InChI is InChI=1S/C27H28BNO4/c1-16-12-20-13-18-8-5-6-9-19(18)14-21(20)25(24(16)27(3,4)15-23(28)31)33-26(32)22-10-7-11-29(22)17(2)30/h5-6,8-9,12-14,22H,7,10-11,15H2,1-4H3. The van der Waals surface area contributed by atoms with Crippen LogP contribution in [0.3, 0.4) is 0 Å². The number of hydrogen-bond donors (Lipinski definition) is 0. The number of nitrogens with zero attached hydrogens (tertiary/aromatic N) is 1. The molecular formula is C27H28BNO4. The zero-order chi connectivity index (χ0) is 23.9. The lowest BCUT2D eigenvalue weighted by Crippen LogP contribution is -2.41. The van der Waals surface area contributed by atoms with Crippen molar-refractivity contribution in [1.82, 2.24) is 4.90 Å². The zero-order valence-electron chi connectivity index (χ0n) is 19.6. The third-order valence-corrected chi connectivity index (χ3v) is 6.58. The van der Waals surface area contributed by atoms with Gasteiger partial charge in [-0.25, -0.2) is 4.79 Å². The Bertz CT molecular complexity index is 1280. The van der Waals surface area contributed by atoms with E-state index in [1.54, 1.807) is 4.90 Å². The Hall–Kier alpha value is -3.15. The predicted octanol–water partition coefficient (Wildman–Crippen LogP) is 4.58. The molecule has 4 rings (SSSR count). The highest BCUT2D eigenvalue weighted by Crippen LogP contribution is 2.43. The number of carbonyl (C=O) groups excluding carboxylic acids is 3. The van der Waals surface area contributed by atoms with Crippen LogP contribution in [0.25, 0.3) is 21.5 Å². The van der Waals surface area contributed by atoms with Crippen LogP contribution in [-0.4, -0.2) is 42.9 Å². The molecule has 5 nitrogen and oxygen atoms in total. The van der Waals surface area contributed by atoms with Crippen LogP contribution in [0.2, 0.25) is 0 Å². The molecule has 3 aromatic rings. The number of benzene rings is 3. The molecule has 1 amide bonds. The molecule has 0 spiro atoms. The van der Waals surface area contributed by atoms with Crippen LogP contribution in [0, 0.1) is 6.92 Å². The summed E-state index contributed by atoms with van der Waals surface area (Å²) >= 11 is 0. The summed E-state index contributed by atoms with van der Waals surface area (Å²) < 4.78 is 6.14. The normalized spacial score (nSPS) is 16.4. The van der Waals surface area contributed by atoms with E-state index in [0.29, 0.717) is 18.7 Å². The fraction of sp³-hybridized carbons (Fsp3) is 0.370. The summed E-state index contributed by atoms with van der Waals surface area (Å²) in [4.78, 5) is 38.8. The van der Waals surface area contributed by atoms with Gasteiger partial charge in [0.2, 0.25) is 5.91 Å². The van der Waals surface area contributed by atoms with Crippen LogP contribution in [-0.2, 0) is 19.8 Å². The van der Waals surface area contributed by atoms with Gasteiger partial charge in [0.15, 0.2) is 7.85 Å². The molecule has 1 fully saturated rings. The fourth-order valence-corrected chi connectivity index (χ4v) is 5.22. The van der Waals surface area contributed by atoms with Crippen LogP contribution in [0.1, 0.15) is 51.2 Å². The van der Waals surface area contributed by atoms with Gasteiger partial charge < -0.3 is 14.4 Å². The van der Waals surface area contributed by atoms with E-state index in [1.807, 2.05) is 51.1 Å². The highest BCUT2D eigenvalue weighted by molar-refractivity contribution is 6.57. The van der Waals surface area contributed by atoms with Gasteiger partial charge in [0.05, 0.1) is 5.68 Å². The van der Waals surface area contributed by atoms with E-state index in [4.69, 9.17) is 12.6 Å². The van der Waals surface area contributed by atoms with Gasteiger partial charge in [-0.2, -0.15) is 0 Å². The second-order valence-electron chi connectivity index (χ2n) is 9.64. The highest BCUT2D eigenvalue weighted by Gasteiger charge is 2.36. The number of amides is 1. The molecule has 1 atom stereocenters. The lowest BCUT2D eigenvalue weighted by molar-refractivity contribution is -0.145. The predicted molar refractivity (Wildman–Crippen MR) is 131 cm³/mol. The van der Waals surface area contributed by atoms with Gasteiger partial charge in [-0.05, 0) is 59.0 Å². The van der Waals surface area contributed by atoms with Gasteiger partial charge in [0, 0.05) is 30.8 Å². The molecule has 0 saturated carbocycles. The second-order valence-corrected chi connectivity index (χ2v) is 9.64. The minimum Gasteiger partial charge on any atom is -0.424 e. The molecular weight excluding hydrogens is 413 g/mol. The summed E-state index contributed by atoms with van der Waals surface area (Å²) in [6, 6.07) is 13.6. The summed E-state index contributed by atoms with van der Waals surface area (Å²) in [5, 5.41) is 3.86. The van der Waals surface area contributed by atoms with Gasteiger partial charge >= 0.3 is 5.97 Å². The van der Waals surface area contributed by atoms with Crippen LogP contribution in [0.5, 0.6) is 5.75 Å². The molecule has 168 valence electrons. The maximum Gasteiger partial charge on any atom is 0.334 e. The topological polar surface area (TPSA) is 63.7 Å². The van der Waals surface area contributed by atoms with Crippen molar-refractivity contribution in [3.8, 4) is 5.75 Å². The molecule has 1 unspecified atom stereocenters. The van der Waals surface area contributed by atoms with E-state index in [1.165, 1.54) is 6.92 Å². The van der Waals surface area contributed by atoms with E-state index in [0.717, 1.165) is 39.1 Å². The van der Waals surface area contributed by atoms with E-state index >= 15 is 0 Å². The zero-order valence-corrected chi connectivity index (χ0v) is 19.6. The number of ether oxygens (including phenoxy) is 1. The van der Waals surface area contributed by atoms with Crippen molar-refractivity contribution in [2.75, 3.05) is 6.54 Å². The van der Waals surface area contributed by atoms with Crippen molar-refractivity contribution in [3.05, 3.63) is 53.6 Å². The SMILES string of the molecule is [B]C(=O)CC(C)(C)c1c(C)cc2cc3ccccc3cc2c1OC(=O)C1CCCN1C(C)=O. The molecule has 6 heteroatoms. The Morgan fingerprint density at radius 1 is 1.09 bits per heavy atom. The van der Waals surface area contributed by atoms with Crippen LogP contribution >= 0.6 is 0 Å². The smallest absolute Gasteiger partial charge is 0.334 e. The third kappa shape index (κ3) is 4.39. The number of esters is 1. The summed E-state index contributed by atoms with van der Waals surface area (Å²) in [5.41, 5.74) is 0.627. The van der Waals surface area contributed by atoms with Crippen molar-refractivity contribution in [2.24, 2.45) is 0 Å². The summed E-state index contributed by atoms with van der Waals surface area (Å²) in [6.45, 7) is 7.85. The van der Waals surface area contributed by atoms with Gasteiger partial charge in [-0.15, -0.1) is 0 Å². The summed E-state index contributed by atoms with van der Waals surface area (Å²) in [6.07, 6.45) is 1.45. The Morgan fingerprint density at radius 3 is 2.39 bits per heavy atom. The largest absolute Gasteiger partial charge is 0.424 e. The minimum atomic E-state index is -0.651. The Balaban J connectivity index is 1.92. The minimum absolute atomic E-state index is 0.112. The van der Waals surface area contributed by atoms with Crippen molar-refractivity contribution >= 4 is 47.0 Å². The quantitative estimate of drug-likeness (QED) is 0.252. The van der Waals surface area contributed by atoms with Gasteiger partial charge in [0.1, 0.15) is 11.8 Å². The number of rotatable bonds is 5. The number of carbonyl (C=O) groups is 3. The third-order valence-electron chi connectivity index (χ3n) is 6.58. The lowest BCUT2D eigenvalue weighted by atomic mass is 9.73. The summed E-state index contributed by atoms with van der Waals surface area (Å²) in [7, 11) is 5.56. The first-order valence-corrected chi connectivity index (χ1v) is 11.3. The molecule has 2 radical (unpaired) electrons. The van der Waals surface area contributed by atoms with Crippen LogP contribution < -0.4 is 4.74 Å². The van der Waals surface area contributed by atoms with Gasteiger partial charge in [0.25, 0.3) is 0 Å². The maximum atomic E-state index is 13.3. The van der Waals surface area contributed by atoms with E-state index in [9.17, 15) is 14.4 Å². The number of hydrogen-bond acceptors (Lipinski definition) is 4. The van der Waals surface area contributed by atoms with Crippen molar-refractivity contribution in [3.63, 3.8) is 0 Å². The maximum absolute atomic E-state index is 13.3. The molecule has 33 heavy (non-hydrogen) atoms. The molecule has 3 aromatic carbocycles. The summed E-state index contributed by atoms with van der Waals surface area (Å²) in [5.74, 6) is -0.134. The first kappa shape index (κ1) is 23.0. The Kier molecular flexibility index (Phi) is 6.04. The first-order chi connectivity index (χ1) is 15.6. The monoisotopic (exact) mass is 441 g/mol. The number of likely N-dealkylation sites (tertiary alicyclic amines) is 1. The van der Waals surface area contributed by atoms with Crippen LogP contribution in [0.15, 0.2) is 42.5 Å². The van der Waals surface area contributed by atoms with Gasteiger partial charge in [-0.3, -0.25) is 4.79 Å². The van der Waals surface area contributed by atoms with Crippen molar-refractivity contribution < 1.29 is 19.1 Å². The molecule has 0 aromatic heterocycles. The van der Waals surface area contributed by atoms with Crippen molar-refractivity contribution in [1.29, 1.82) is 0 Å². The second kappa shape index (κ2) is 8.66. The van der Waals surface area contributed by atoms with Crippen molar-refractivity contribution in [2.45, 2.75) is 58.4 Å². The van der Waals surface area contributed by atoms with E-state index < -0.39 is 23.1 Å². The van der Waals surface area contributed by atoms with Gasteiger partial charge in [-0.1, -0.05) is 44.2 Å². The molecule has 1 heterocycles. The lowest BCUT2D eigenvalue weighted by Gasteiger charge is -2.30. The molecule has 1 saturated heterocycles. The average molecular weight is 441 g/mol. The molecule has 0 aliphatic carbocycles. The molecule has 1 aliphatic heterocycles. The molecule has 0 N–H and O–H groups in total.